The SMILES string of the molecule is CCOc1ccc(-c2c[nH]c(=O)c(N)c2)cc1OCC. The summed E-state index contributed by atoms with van der Waals surface area (Å²) in [5.41, 5.74) is 7.26. The zero-order valence-electron chi connectivity index (χ0n) is 11.6. The molecule has 2 aromatic rings. The van der Waals surface area contributed by atoms with Crippen molar-refractivity contribution in [2.75, 3.05) is 18.9 Å². The summed E-state index contributed by atoms with van der Waals surface area (Å²) in [5, 5.41) is 0. The largest absolute Gasteiger partial charge is 0.490 e. The first-order chi connectivity index (χ1) is 9.65. The number of hydrogen-bond acceptors (Lipinski definition) is 4. The van der Waals surface area contributed by atoms with Crippen molar-refractivity contribution in [2.45, 2.75) is 13.8 Å². The lowest BCUT2D eigenvalue weighted by Crippen LogP contribution is -2.10. The van der Waals surface area contributed by atoms with Gasteiger partial charge in [-0.1, -0.05) is 6.07 Å². The molecule has 0 radical (unpaired) electrons. The minimum atomic E-state index is -0.287. The number of pyridine rings is 1. The number of benzene rings is 1. The fourth-order valence-electron chi connectivity index (χ4n) is 1.90. The molecule has 0 fully saturated rings. The molecule has 0 saturated carbocycles. The molecule has 1 heterocycles. The number of nitrogens with two attached hydrogens (primary N) is 1. The fraction of sp³-hybridized carbons (Fsp3) is 0.267. The molecule has 0 bridgehead atoms. The van der Waals surface area contributed by atoms with Gasteiger partial charge in [0.2, 0.25) is 0 Å². The van der Waals surface area contributed by atoms with Crippen LogP contribution in [0.5, 0.6) is 11.5 Å². The number of rotatable bonds is 5. The molecule has 0 aliphatic heterocycles. The third kappa shape index (κ3) is 2.93. The Balaban J connectivity index is 2.43. The molecule has 1 aromatic heterocycles. The van der Waals surface area contributed by atoms with E-state index < -0.39 is 0 Å². The molecule has 0 atom stereocenters. The average Bonchev–Trinajstić information content (AvgIpc) is 2.44. The van der Waals surface area contributed by atoms with E-state index in [2.05, 4.69) is 4.98 Å². The van der Waals surface area contributed by atoms with Gasteiger partial charge in [0.1, 0.15) is 0 Å². The van der Waals surface area contributed by atoms with E-state index in [9.17, 15) is 4.79 Å². The zero-order chi connectivity index (χ0) is 14.5. The van der Waals surface area contributed by atoms with E-state index in [1.807, 2.05) is 32.0 Å². The van der Waals surface area contributed by atoms with Crippen LogP contribution < -0.4 is 20.8 Å². The number of aromatic nitrogens is 1. The van der Waals surface area contributed by atoms with Gasteiger partial charge >= 0.3 is 0 Å². The smallest absolute Gasteiger partial charge is 0.271 e. The van der Waals surface area contributed by atoms with Gasteiger partial charge in [0.15, 0.2) is 11.5 Å². The Hall–Kier alpha value is -2.43. The molecule has 2 rings (SSSR count). The Morgan fingerprint density at radius 1 is 1.05 bits per heavy atom. The Kier molecular flexibility index (Phi) is 4.30. The Bertz CT molecular complexity index is 650. The van der Waals surface area contributed by atoms with Crippen molar-refractivity contribution < 1.29 is 9.47 Å². The van der Waals surface area contributed by atoms with Crippen molar-refractivity contribution >= 4 is 5.69 Å². The number of H-pyrrole nitrogens is 1. The van der Waals surface area contributed by atoms with Gasteiger partial charge in [-0.2, -0.15) is 0 Å². The molecule has 0 spiro atoms. The molecule has 0 aliphatic carbocycles. The van der Waals surface area contributed by atoms with E-state index in [0.29, 0.717) is 24.7 Å². The monoisotopic (exact) mass is 274 g/mol. The van der Waals surface area contributed by atoms with Gasteiger partial charge in [0.05, 0.1) is 18.9 Å². The highest BCUT2D eigenvalue weighted by Crippen LogP contribution is 2.32. The second-order valence-corrected chi connectivity index (χ2v) is 4.20. The molecular formula is C15H18N2O3. The van der Waals surface area contributed by atoms with E-state index >= 15 is 0 Å². The molecule has 0 amide bonds. The number of nitrogens with one attached hydrogen (secondary N) is 1. The standard InChI is InChI=1S/C15H18N2O3/c1-3-19-13-6-5-10(8-14(13)20-4-2)11-7-12(16)15(18)17-9-11/h5-9H,3-4,16H2,1-2H3,(H,17,18). The normalized spacial score (nSPS) is 10.3. The van der Waals surface area contributed by atoms with Crippen LogP contribution in [0.15, 0.2) is 35.3 Å². The van der Waals surface area contributed by atoms with Crippen molar-refractivity contribution in [3.05, 3.63) is 40.8 Å². The highest BCUT2D eigenvalue weighted by Gasteiger charge is 2.08. The second-order valence-electron chi connectivity index (χ2n) is 4.20. The summed E-state index contributed by atoms with van der Waals surface area (Å²) in [4.78, 5) is 13.9. The van der Waals surface area contributed by atoms with Crippen molar-refractivity contribution in [1.29, 1.82) is 0 Å². The minimum Gasteiger partial charge on any atom is -0.490 e. The minimum absolute atomic E-state index is 0.189. The number of nitrogen functional groups attached to an aromatic ring is 1. The second kappa shape index (κ2) is 6.14. The molecule has 0 saturated heterocycles. The quantitative estimate of drug-likeness (QED) is 0.877. The summed E-state index contributed by atoms with van der Waals surface area (Å²) in [6.07, 6.45) is 1.63. The topological polar surface area (TPSA) is 77.3 Å². The molecule has 20 heavy (non-hydrogen) atoms. The lowest BCUT2D eigenvalue weighted by atomic mass is 10.1. The van der Waals surface area contributed by atoms with Gasteiger partial charge in [-0.05, 0) is 37.6 Å². The lowest BCUT2D eigenvalue weighted by Gasteiger charge is -2.12. The van der Waals surface area contributed by atoms with Gasteiger partial charge in [0.25, 0.3) is 5.56 Å². The van der Waals surface area contributed by atoms with Crippen LogP contribution in [-0.4, -0.2) is 18.2 Å². The molecule has 3 N–H and O–H groups in total. The molecule has 1 aromatic carbocycles. The predicted molar refractivity (Wildman–Crippen MR) is 79.2 cm³/mol. The van der Waals surface area contributed by atoms with E-state index in [-0.39, 0.29) is 11.2 Å². The van der Waals surface area contributed by atoms with Crippen molar-refractivity contribution in [3.8, 4) is 22.6 Å². The first kappa shape index (κ1) is 14.0. The van der Waals surface area contributed by atoms with Crippen molar-refractivity contribution in [2.24, 2.45) is 0 Å². The zero-order valence-corrected chi connectivity index (χ0v) is 11.6. The van der Waals surface area contributed by atoms with Gasteiger partial charge in [-0.25, -0.2) is 0 Å². The van der Waals surface area contributed by atoms with Crippen LogP contribution in [0.2, 0.25) is 0 Å². The molecule has 106 valence electrons. The van der Waals surface area contributed by atoms with Crippen LogP contribution >= 0.6 is 0 Å². The first-order valence-electron chi connectivity index (χ1n) is 6.54. The Morgan fingerprint density at radius 2 is 1.75 bits per heavy atom. The molecule has 0 unspecified atom stereocenters. The van der Waals surface area contributed by atoms with Crippen LogP contribution in [0.4, 0.5) is 5.69 Å². The number of hydrogen-bond donors (Lipinski definition) is 2. The third-order valence-electron chi connectivity index (χ3n) is 2.81. The van der Waals surface area contributed by atoms with Gasteiger partial charge in [-0.15, -0.1) is 0 Å². The van der Waals surface area contributed by atoms with Gasteiger partial charge in [0, 0.05) is 11.8 Å². The van der Waals surface area contributed by atoms with Gasteiger partial charge in [-0.3, -0.25) is 4.79 Å². The maximum atomic E-state index is 11.3. The summed E-state index contributed by atoms with van der Waals surface area (Å²) in [5.74, 6) is 1.38. The Morgan fingerprint density at radius 3 is 2.40 bits per heavy atom. The molecule has 5 nitrogen and oxygen atoms in total. The summed E-state index contributed by atoms with van der Waals surface area (Å²) in [6.45, 7) is 4.97. The number of anilines is 1. The summed E-state index contributed by atoms with van der Waals surface area (Å²) >= 11 is 0. The van der Waals surface area contributed by atoms with Crippen LogP contribution in [0.1, 0.15) is 13.8 Å². The first-order valence-corrected chi connectivity index (χ1v) is 6.54. The summed E-state index contributed by atoms with van der Waals surface area (Å²) in [6, 6.07) is 7.28. The molecule has 5 heteroatoms. The average molecular weight is 274 g/mol. The number of ether oxygens (including phenoxy) is 2. The summed E-state index contributed by atoms with van der Waals surface area (Å²) < 4.78 is 11.1. The van der Waals surface area contributed by atoms with E-state index in [4.69, 9.17) is 15.2 Å². The number of aromatic amines is 1. The van der Waals surface area contributed by atoms with E-state index in [1.54, 1.807) is 12.3 Å². The molecular weight excluding hydrogens is 256 g/mol. The van der Waals surface area contributed by atoms with Crippen LogP contribution in [0, 0.1) is 0 Å². The highest BCUT2D eigenvalue weighted by molar-refractivity contribution is 5.69. The van der Waals surface area contributed by atoms with Gasteiger partial charge < -0.3 is 20.2 Å². The predicted octanol–water partition coefficient (Wildman–Crippen LogP) is 2.42. The summed E-state index contributed by atoms with van der Waals surface area (Å²) in [7, 11) is 0. The van der Waals surface area contributed by atoms with Crippen molar-refractivity contribution in [3.63, 3.8) is 0 Å². The molecule has 0 aliphatic rings. The maximum absolute atomic E-state index is 11.3. The highest BCUT2D eigenvalue weighted by atomic mass is 16.5. The van der Waals surface area contributed by atoms with E-state index in [1.165, 1.54) is 0 Å². The lowest BCUT2D eigenvalue weighted by molar-refractivity contribution is 0.288. The van der Waals surface area contributed by atoms with Crippen LogP contribution in [-0.2, 0) is 0 Å². The van der Waals surface area contributed by atoms with Crippen molar-refractivity contribution in [1.82, 2.24) is 4.98 Å². The third-order valence-corrected chi connectivity index (χ3v) is 2.81. The van der Waals surface area contributed by atoms with Crippen LogP contribution in [0.3, 0.4) is 0 Å². The van der Waals surface area contributed by atoms with Crippen LogP contribution in [0.25, 0.3) is 11.1 Å². The maximum Gasteiger partial charge on any atom is 0.271 e. The fourth-order valence-corrected chi connectivity index (χ4v) is 1.90. The van der Waals surface area contributed by atoms with E-state index in [0.717, 1.165) is 11.1 Å². The Labute approximate surface area is 117 Å².